The highest BCUT2D eigenvalue weighted by Crippen LogP contribution is 2.43. The van der Waals surface area contributed by atoms with Gasteiger partial charge in [0.05, 0.1) is 25.4 Å². The molecule has 0 saturated heterocycles. The fraction of sp³-hybridized carbons (Fsp3) is 0.136. The minimum Gasteiger partial charge on any atom is -0.495 e. The summed E-state index contributed by atoms with van der Waals surface area (Å²) in [5, 5.41) is 8.90. The zero-order valence-electron chi connectivity index (χ0n) is 16.0. The van der Waals surface area contributed by atoms with Crippen molar-refractivity contribution < 1.29 is 27.5 Å². The molecule has 0 saturated carbocycles. The molecule has 0 aliphatic rings. The SMILES string of the molecule is C=CCS(=O)(=O)C(c1ccccc1Cl)c1ccc(-c2ccoc2)c(OC)c1C(=O)O. The van der Waals surface area contributed by atoms with Crippen molar-refractivity contribution in [3.63, 3.8) is 0 Å². The van der Waals surface area contributed by atoms with E-state index in [0.717, 1.165) is 0 Å². The number of sulfone groups is 1. The molecule has 3 aromatic rings. The third-order valence-corrected chi connectivity index (χ3v) is 6.89. The van der Waals surface area contributed by atoms with E-state index in [9.17, 15) is 18.3 Å². The molecule has 0 radical (unpaired) electrons. The summed E-state index contributed by atoms with van der Waals surface area (Å²) in [5.74, 6) is -1.64. The summed E-state index contributed by atoms with van der Waals surface area (Å²) in [6, 6.07) is 11.2. The average Bonchev–Trinajstić information content (AvgIpc) is 3.23. The topological polar surface area (TPSA) is 93.8 Å². The number of benzene rings is 2. The van der Waals surface area contributed by atoms with E-state index in [4.69, 9.17) is 20.8 Å². The van der Waals surface area contributed by atoms with Crippen LogP contribution in [0, 0.1) is 0 Å². The molecule has 2 aromatic carbocycles. The molecule has 0 bridgehead atoms. The van der Waals surface area contributed by atoms with E-state index in [1.165, 1.54) is 31.8 Å². The van der Waals surface area contributed by atoms with Gasteiger partial charge in [0, 0.05) is 16.1 Å². The molecule has 0 amide bonds. The van der Waals surface area contributed by atoms with Gasteiger partial charge in [-0.15, -0.1) is 6.58 Å². The monoisotopic (exact) mass is 446 g/mol. The number of carboxylic acids is 1. The number of rotatable bonds is 8. The molecule has 6 nitrogen and oxygen atoms in total. The average molecular weight is 447 g/mol. The van der Waals surface area contributed by atoms with Gasteiger partial charge in [-0.3, -0.25) is 0 Å². The van der Waals surface area contributed by atoms with E-state index in [2.05, 4.69) is 6.58 Å². The minimum atomic E-state index is -3.89. The zero-order chi connectivity index (χ0) is 21.9. The number of hydrogen-bond donors (Lipinski definition) is 1. The predicted octanol–water partition coefficient (Wildman–Crippen LogP) is 5.00. The van der Waals surface area contributed by atoms with Gasteiger partial charge in [0.25, 0.3) is 0 Å². The molecule has 0 spiro atoms. The first-order chi connectivity index (χ1) is 14.3. The fourth-order valence-electron chi connectivity index (χ4n) is 3.40. The van der Waals surface area contributed by atoms with Crippen molar-refractivity contribution in [2.75, 3.05) is 12.9 Å². The number of furan rings is 1. The summed E-state index contributed by atoms with van der Waals surface area (Å²) in [7, 11) is -2.56. The molecule has 1 atom stereocenters. The van der Waals surface area contributed by atoms with Crippen molar-refractivity contribution >= 4 is 27.4 Å². The van der Waals surface area contributed by atoms with Crippen molar-refractivity contribution in [2.24, 2.45) is 0 Å². The Kier molecular flexibility index (Phi) is 6.34. The van der Waals surface area contributed by atoms with E-state index in [1.54, 1.807) is 36.4 Å². The Morgan fingerprint density at radius 1 is 1.23 bits per heavy atom. The van der Waals surface area contributed by atoms with Gasteiger partial charge >= 0.3 is 5.97 Å². The van der Waals surface area contributed by atoms with Crippen LogP contribution >= 0.6 is 11.6 Å². The number of methoxy groups -OCH3 is 1. The van der Waals surface area contributed by atoms with Crippen LogP contribution in [0.25, 0.3) is 11.1 Å². The smallest absolute Gasteiger partial charge is 0.339 e. The number of aromatic carboxylic acids is 1. The molecule has 156 valence electrons. The maximum Gasteiger partial charge on any atom is 0.339 e. The van der Waals surface area contributed by atoms with Crippen LogP contribution in [0.2, 0.25) is 5.02 Å². The van der Waals surface area contributed by atoms with Crippen LogP contribution in [0.5, 0.6) is 5.75 Å². The number of carboxylic acid groups (broad SMARTS) is 1. The molecule has 0 aliphatic carbocycles. The first-order valence-corrected chi connectivity index (χ1v) is 10.9. The summed E-state index contributed by atoms with van der Waals surface area (Å²) in [6.45, 7) is 3.51. The Morgan fingerprint density at radius 3 is 2.53 bits per heavy atom. The molecular weight excluding hydrogens is 428 g/mol. The van der Waals surface area contributed by atoms with Crippen LogP contribution in [0.15, 0.2) is 72.1 Å². The largest absolute Gasteiger partial charge is 0.495 e. The Labute approximate surface area is 179 Å². The number of halogens is 1. The first-order valence-electron chi connectivity index (χ1n) is 8.85. The summed E-state index contributed by atoms with van der Waals surface area (Å²) in [6.07, 6.45) is 4.16. The van der Waals surface area contributed by atoms with Gasteiger partial charge in [-0.1, -0.05) is 48.0 Å². The standard InChI is InChI=1S/C22H19ClO6S/c1-3-12-30(26,27)21(16-6-4-5-7-18(16)23)17-9-8-15(14-10-11-29-13-14)20(28-2)19(17)22(24)25/h3-11,13,21H,1,12H2,2H3,(H,24,25). The van der Waals surface area contributed by atoms with Gasteiger partial charge in [-0.05, 0) is 23.3 Å². The fourth-order valence-corrected chi connectivity index (χ4v) is 5.40. The molecule has 1 heterocycles. The van der Waals surface area contributed by atoms with Gasteiger partial charge in [-0.25, -0.2) is 13.2 Å². The lowest BCUT2D eigenvalue weighted by Gasteiger charge is -2.23. The predicted molar refractivity (Wildman–Crippen MR) is 115 cm³/mol. The zero-order valence-corrected chi connectivity index (χ0v) is 17.6. The van der Waals surface area contributed by atoms with Crippen LogP contribution in [-0.4, -0.2) is 32.4 Å². The second-order valence-corrected chi connectivity index (χ2v) is 8.99. The van der Waals surface area contributed by atoms with Crippen molar-refractivity contribution in [1.29, 1.82) is 0 Å². The molecule has 0 fully saturated rings. The lowest BCUT2D eigenvalue weighted by atomic mass is 9.94. The second kappa shape index (κ2) is 8.77. The highest BCUT2D eigenvalue weighted by molar-refractivity contribution is 7.92. The van der Waals surface area contributed by atoms with Crippen molar-refractivity contribution in [3.05, 3.63) is 89.4 Å². The molecular formula is C22H19ClO6S. The second-order valence-electron chi connectivity index (χ2n) is 6.45. The Morgan fingerprint density at radius 2 is 1.97 bits per heavy atom. The summed E-state index contributed by atoms with van der Waals surface area (Å²) < 4.78 is 36.9. The van der Waals surface area contributed by atoms with E-state index < -0.39 is 21.1 Å². The van der Waals surface area contributed by atoms with Crippen LogP contribution in [0.1, 0.15) is 26.7 Å². The maximum atomic E-state index is 13.2. The summed E-state index contributed by atoms with van der Waals surface area (Å²) in [5.41, 5.74) is 1.15. The highest BCUT2D eigenvalue weighted by Gasteiger charge is 2.35. The number of ether oxygens (including phenoxy) is 1. The van der Waals surface area contributed by atoms with Crippen LogP contribution in [-0.2, 0) is 9.84 Å². The third kappa shape index (κ3) is 3.99. The van der Waals surface area contributed by atoms with Crippen LogP contribution < -0.4 is 4.74 Å². The van der Waals surface area contributed by atoms with Crippen molar-refractivity contribution in [1.82, 2.24) is 0 Å². The molecule has 1 N–H and O–H groups in total. The quantitative estimate of drug-likeness (QED) is 0.489. The van der Waals surface area contributed by atoms with E-state index in [-0.39, 0.29) is 33.2 Å². The molecule has 0 aliphatic heterocycles. The van der Waals surface area contributed by atoms with Crippen LogP contribution in [0.3, 0.4) is 0 Å². The molecule has 8 heteroatoms. The maximum absolute atomic E-state index is 13.2. The van der Waals surface area contributed by atoms with E-state index in [1.807, 2.05) is 0 Å². The molecule has 3 rings (SSSR count). The normalized spacial score (nSPS) is 12.3. The summed E-state index contributed by atoms with van der Waals surface area (Å²) >= 11 is 6.31. The third-order valence-electron chi connectivity index (χ3n) is 4.62. The number of carbonyl (C=O) groups is 1. The van der Waals surface area contributed by atoms with Gasteiger partial charge in [-0.2, -0.15) is 0 Å². The van der Waals surface area contributed by atoms with Gasteiger partial charge in [0.1, 0.15) is 16.6 Å². The van der Waals surface area contributed by atoms with E-state index in [0.29, 0.717) is 11.1 Å². The van der Waals surface area contributed by atoms with Crippen molar-refractivity contribution in [3.8, 4) is 16.9 Å². The van der Waals surface area contributed by atoms with Gasteiger partial charge in [0.15, 0.2) is 9.84 Å². The molecule has 30 heavy (non-hydrogen) atoms. The molecule has 1 unspecified atom stereocenters. The van der Waals surface area contributed by atoms with Gasteiger partial charge in [0.2, 0.25) is 0 Å². The number of hydrogen-bond acceptors (Lipinski definition) is 5. The van der Waals surface area contributed by atoms with E-state index >= 15 is 0 Å². The Bertz CT molecular complexity index is 1180. The molecule has 1 aromatic heterocycles. The first kappa shape index (κ1) is 21.7. The summed E-state index contributed by atoms with van der Waals surface area (Å²) in [4.78, 5) is 12.3. The lowest BCUT2D eigenvalue weighted by Crippen LogP contribution is -2.21. The van der Waals surface area contributed by atoms with Crippen molar-refractivity contribution in [2.45, 2.75) is 5.25 Å². The van der Waals surface area contributed by atoms with Crippen LogP contribution in [0.4, 0.5) is 0 Å². The Balaban J connectivity index is 2.38. The van der Waals surface area contributed by atoms with Gasteiger partial charge < -0.3 is 14.3 Å². The highest BCUT2D eigenvalue weighted by atomic mass is 35.5. The lowest BCUT2D eigenvalue weighted by molar-refractivity contribution is 0.0692. The Hall–Kier alpha value is -3.03. The minimum absolute atomic E-state index is 0.0345.